The molecular formula is C16H21N3O2. The lowest BCUT2D eigenvalue weighted by Crippen LogP contribution is -2.34. The first-order valence-corrected chi connectivity index (χ1v) is 7.58. The van der Waals surface area contributed by atoms with Crippen LogP contribution in [0.1, 0.15) is 30.1 Å². The minimum absolute atomic E-state index is 0.295. The van der Waals surface area contributed by atoms with Crippen molar-refractivity contribution < 1.29 is 9.90 Å². The molecule has 0 unspecified atom stereocenters. The van der Waals surface area contributed by atoms with E-state index in [4.69, 9.17) is 5.11 Å². The molecule has 0 bridgehead atoms. The molecule has 2 heterocycles. The fraction of sp³-hybridized carbons (Fsp3) is 0.500. The summed E-state index contributed by atoms with van der Waals surface area (Å²) in [6, 6.07) is 5.17. The van der Waals surface area contributed by atoms with Crippen molar-refractivity contribution in [3.63, 3.8) is 0 Å². The lowest BCUT2D eigenvalue weighted by atomic mass is 9.96. The number of rotatable bonds is 4. The van der Waals surface area contributed by atoms with E-state index in [-0.39, 0.29) is 0 Å². The minimum atomic E-state index is -0.904. The van der Waals surface area contributed by atoms with Gasteiger partial charge in [0.05, 0.1) is 22.9 Å². The van der Waals surface area contributed by atoms with Gasteiger partial charge in [0.25, 0.3) is 0 Å². The SMILES string of the molecule is CCN1CCC(Cn2cnc3cc(C(=O)O)ccc32)CC1. The van der Waals surface area contributed by atoms with Crippen LogP contribution in [0, 0.1) is 5.92 Å². The molecule has 0 atom stereocenters. The smallest absolute Gasteiger partial charge is 0.335 e. The molecule has 3 rings (SSSR count). The van der Waals surface area contributed by atoms with Gasteiger partial charge in [0, 0.05) is 6.54 Å². The maximum absolute atomic E-state index is 11.0. The number of aromatic carboxylic acids is 1. The molecule has 5 nitrogen and oxygen atoms in total. The molecule has 0 aliphatic carbocycles. The Labute approximate surface area is 124 Å². The summed E-state index contributed by atoms with van der Waals surface area (Å²) in [5, 5.41) is 9.02. The van der Waals surface area contributed by atoms with Crippen LogP contribution in [0.2, 0.25) is 0 Å². The van der Waals surface area contributed by atoms with Gasteiger partial charge in [-0.1, -0.05) is 6.92 Å². The molecule has 1 fully saturated rings. The molecule has 21 heavy (non-hydrogen) atoms. The number of benzene rings is 1. The van der Waals surface area contributed by atoms with Gasteiger partial charge in [-0.05, 0) is 56.6 Å². The van der Waals surface area contributed by atoms with E-state index in [1.54, 1.807) is 12.1 Å². The van der Waals surface area contributed by atoms with E-state index in [1.807, 2.05) is 12.4 Å². The number of aromatic nitrogens is 2. The molecule has 1 aromatic carbocycles. The molecule has 112 valence electrons. The number of imidazole rings is 1. The van der Waals surface area contributed by atoms with Crippen molar-refractivity contribution in [3.05, 3.63) is 30.1 Å². The van der Waals surface area contributed by atoms with E-state index in [0.717, 1.165) is 24.1 Å². The molecule has 1 aliphatic rings. The van der Waals surface area contributed by atoms with Gasteiger partial charge in [0.15, 0.2) is 0 Å². The third kappa shape index (κ3) is 2.93. The molecule has 5 heteroatoms. The highest BCUT2D eigenvalue weighted by molar-refractivity contribution is 5.92. The number of carbonyl (C=O) groups is 1. The summed E-state index contributed by atoms with van der Waals surface area (Å²) in [7, 11) is 0. The number of carboxylic acid groups (broad SMARTS) is 1. The molecule has 0 radical (unpaired) electrons. The summed E-state index contributed by atoms with van der Waals surface area (Å²) in [6.45, 7) is 6.68. The molecule has 1 N–H and O–H groups in total. The summed E-state index contributed by atoms with van der Waals surface area (Å²) in [4.78, 5) is 17.8. The van der Waals surface area contributed by atoms with Crippen LogP contribution in [0.25, 0.3) is 11.0 Å². The van der Waals surface area contributed by atoms with Crippen LogP contribution in [0.5, 0.6) is 0 Å². The molecule has 2 aromatic rings. The zero-order valence-electron chi connectivity index (χ0n) is 12.3. The van der Waals surface area contributed by atoms with Crippen LogP contribution in [0.4, 0.5) is 0 Å². The predicted molar refractivity (Wildman–Crippen MR) is 81.5 cm³/mol. The first-order chi connectivity index (χ1) is 10.2. The van der Waals surface area contributed by atoms with Gasteiger partial charge in [-0.3, -0.25) is 0 Å². The Morgan fingerprint density at radius 2 is 2.14 bits per heavy atom. The standard InChI is InChI=1S/C16H21N3O2/c1-2-18-7-5-12(6-8-18)10-19-11-17-14-9-13(16(20)21)3-4-15(14)19/h3-4,9,11-12H,2,5-8,10H2,1H3,(H,20,21). The maximum Gasteiger partial charge on any atom is 0.335 e. The zero-order valence-corrected chi connectivity index (χ0v) is 12.3. The van der Waals surface area contributed by atoms with E-state index in [2.05, 4.69) is 21.4 Å². The Bertz CT molecular complexity index is 642. The molecule has 1 aliphatic heterocycles. The lowest BCUT2D eigenvalue weighted by molar-refractivity contribution is 0.0697. The van der Waals surface area contributed by atoms with Gasteiger partial charge in [-0.15, -0.1) is 0 Å². The Morgan fingerprint density at radius 1 is 1.38 bits per heavy atom. The van der Waals surface area contributed by atoms with Crippen molar-refractivity contribution in [1.29, 1.82) is 0 Å². The van der Waals surface area contributed by atoms with E-state index in [9.17, 15) is 4.79 Å². The topological polar surface area (TPSA) is 58.4 Å². The van der Waals surface area contributed by atoms with Crippen LogP contribution >= 0.6 is 0 Å². The Kier molecular flexibility index (Phi) is 3.92. The van der Waals surface area contributed by atoms with Crippen LogP contribution in [-0.4, -0.2) is 45.2 Å². The average Bonchev–Trinajstić information content (AvgIpc) is 2.90. The summed E-state index contributed by atoms with van der Waals surface area (Å²) >= 11 is 0. The van der Waals surface area contributed by atoms with E-state index < -0.39 is 5.97 Å². The van der Waals surface area contributed by atoms with Gasteiger partial charge < -0.3 is 14.6 Å². The molecular weight excluding hydrogens is 266 g/mol. The van der Waals surface area contributed by atoms with E-state index in [1.165, 1.54) is 25.9 Å². The van der Waals surface area contributed by atoms with E-state index in [0.29, 0.717) is 11.5 Å². The van der Waals surface area contributed by atoms with Crippen molar-refractivity contribution in [1.82, 2.24) is 14.5 Å². The van der Waals surface area contributed by atoms with Crippen molar-refractivity contribution >= 4 is 17.0 Å². The summed E-state index contributed by atoms with van der Waals surface area (Å²) in [5.74, 6) is -0.220. The van der Waals surface area contributed by atoms with Crippen LogP contribution < -0.4 is 0 Å². The number of hydrogen-bond acceptors (Lipinski definition) is 3. The van der Waals surface area contributed by atoms with E-state index >= 15 is 0 Å². The summed E-state index contributed by atoms with van der Waals surface area (Å²) < 4.78 is 2.16. The van der Waals surface area contributed by atoms with Gasteiger partial charge in [-0.25, -0.2) is 9.78 Å². The molecule has 0 amide bonds. The quantitative estimate of drug-likeness (QED) is 0.938. The third-order valence-corrected chi connectivity index (χ3v) is 4.48. The Morgan fingerprint density at radius 3 is 2.81 bits per heavy atom. The van der Waals surface area contributed by atoms with Crippen molar-refractivity contribution in [2.75, 3.05) is 19.6 Å². The average molecular weight is 287 g/mol. The number of likely N-dealkylation sites (tertiary alicyclic amines) is 1. The fourth-order valence-corrected chi connectivity index (χ4v) is 3.11. The number of fused-ring (bicyclic) bond motifs is 1. The number of hydrogen-bond donors (Lipinski definition) is 1. The van der Waals surface area contributed by atoms with Gasteiger partial charge in [-0.2, -0.15) is 0 Å². The highest BCUT2D eigenvalue weighted by atomic mass is 16.4. The van der Waals surface area contributed by atoms with Crippen LogP contribution in [0.15, 0.2) is 24.5 Å². The number of nitrogens with zero attached hydrogens (tertiary/aromatic N) is 3. The predicted octanol–water partition coefficient (Wildman–Crippen LogP) is 2.47. The zero-order chi connectivity index (χ0) is 14.8. The number of piperidine rings is 1. The second kappa shape index (κ2) is 5.85. The highest BCUT2D eigenvalue weighted by Gasteiger charge is 2.19. The lowest BCUT2D eigenvalue weighted by Gasteiger charge is -2.31. The third-order valence-electron chi connectivity index (χ3n) is 4.48. The minimum Gasteiger partial charge on any atom is -0.478 e. The van der Waals surface area contributed by atoms with Crippen LogP contribution in [0.3, 0.4) is 0 Å². The summed E-state index contributed by atoms with van der Waals surface area (Å²) in [5.41, 5.74) is 2.09. The maximum atomic E-state index is 11.0. The molecule has 1 aromatic heterocycles. The summed E-state index contributed by atoms with van der Waals surface area (Å²) in [6.07, 6.45) is 4.28. The fourth-order valence-electron chi connectivity index (χ4n) is 3.11. The van der Waals surface area contributed by atoms with Crippen LogP contribution in [-0.2, 0) is 6.54 Å². The number of carboxylic acids is 1. The first-order valence-electron chi connectivity index (χ1n) is 7.58. The largest absolute Gasteiger partial charge is 0.478 e. The van der Waals surface area contributed by atoms with Crippen molar-refractivity contribution in [3.8, 4) is 0 Å². The van der Waals surface area contributed by atoms with Crippen molar-refractivity contribution in [2.24, 2.45) is 5.92 Å². The Balaban J connectivity index is 1.74. The molecule has 1 saturated heterocycles. The second-order valence-corrected chi connectivity index (χ2v) is 5.78. The first kappa shape index (κ1) is 14.1. The van der Waals surface area contributed by atoms with Gasteiger partial charge >= 0.3 is 5.97 Å². The normalized spacial score (nSPS) is 17.4. The second-order valence-electron chi connectivity index (χ2n) is 5.78. The highest BCUT2D eigenvalue weighted by Crippen LogP contribution is 2.22. The van der Waals surface area contributed by atoms with Gasteiger partial charge in [0.1, 0.15) is 0 Å². The molecule has 0 saturated carbocycles. The van der Waals surface area contributed by atoms with Gasteiger partial charge in [0.2, 0.25) is 0 Å². The monoisotopic (exact) mass is 287 g/mol. The van der Waals surface area contributed by atoms with Crippen molar-refractivity contribution in [2.45, 2.75) is 26.3 Å². The molecule has 0 spiro atoms. The Hall–Kier alpha value is -1.88.